The number of carbonyl (C=O) groups excluding carboxylic acids is 2. The summed E-state index contributed by atoms with van der Waals surface area (Å²) in [5, 5.41) is 9.99. The van der Waals surface area contributed by atoms with Crippen molar-refractivity contribution in [3.63, 3.8) is 0 Å². The van der Waals surface area contributed by atoms with Crippen molar-refractivity contribution >= 4 is 11.8 Å². The molecule has 1 spiro atoms. The minimum Gasteiger partial charge on any atom is -0.357 e. The maximum absolute atomic E-state index is 12.8. The number of amides is 2. The van der Waals surface area contributed by atoms with Gasteiger partial charge in [0, 0.05) is 37.4 Å². The highest BCUT2D eigenvalue weighted by Gasteiger charge is 2.68. The SMILES string of the molecule is C[C@@H]1CC[C@@]2(NC1)O[C@H]1C[C@H]3[C@@H]4CC[C@H]5CC(NC(=O)CC(=O)NCc6cccnc6)CC[C@]5(C)[C@H]4CC[C@]3(C)[C@H]1[C@@H]2C. The Morgan fingerprint density at radius 2 is 1.84 bits per heavy atom. The average Bonchev–Trinajstić information content (AvgIpc) is 3.44. The van der Waals surface area contributed by atoms with Crippen molar-refractivity contribution < 1.29 is 14.3 Å². The van der Waals surface area contributed by atoms with E-state index < -0.39 is 0 Å². The second kappa shape index (κ2) is 11.1. The molecule has 1 aromatic rings. The normalized spacial score (nSPS) is 46.7. The van der Waals surface area contributed by atoms with Gasteiger partial charge in [-0.25, -0.2) is 0 Å². The molecule has 2 amide bonds. The van der Waals surface area contributed by atoms with Gasteiger partial charge in [-0.3, -0.25) is 19.9 Å². The van der Waals surface area contributed by atoms with Gasteiger partial charge in [0.1, 0.15) is 12.1 Å². The first-order valence-corrected chi connectivity index (χ1v) is 17.5. The Kier molecular flexibility index (Phi) is 7.68. The lowest BCUT2D eigenvalue weighted by Crippen LogP contribution is -2.58. The first-order valence-electron chi connectivity index (χ1n) is 17.5. The van der Waals surface area contributed by atoms with Gasteiger partial charge in [-0.2, -0.15) is 0 Å². The third kappa shape index (κ3) is 5.05. The number of rotatable bonds is 5. The molecule has 2 saturated heterocycles. The van der Waals surface area contributed by atoms with E-state index in [2.05, 4.69) is 48.6 Å². The second-order valence-electron chi connectivity index (χ2n) is 16.2. The van der Waals surface area contributed by atoms with Crippen LogP contribution >= 0.6 is 0 Å². The van der Waals surface area contributed by atoms with Crippen LogP contribution in [0.15, 0.2) is 24.5 Å². The Labute approximate surface area is 258 Å². The largest absolute Gasteiger partial charge is 0.357 e. The van der Waals surface area contributed by atoms with Crippen LogP contribution in [0.2, 0.25) is 0 Å². The van der Waals surface area contributed by atoms with Gasteiger partial charge < -0.3 is 15.4 Å². The molecule has 0 bridgehead atoms. The molecule has 4 saturated carbocycles. The molecule has 236 valence electrons. The van der Waals surface area contributed by atoms with Crippen LogP contribution < -0.4 is 16.0 Å². The van der Waals surface area contributed by atoms with Crippen LogP contribution in [0.3, 0.4) is 0 Å². The van der Waals surface area contributed by atoms with Gasteiger partial charge in [-0.15, -0.1) is 0 Å². The number of hydrogen-bond acceptors (Lipinski definition) is 5. The summed E-state index contributed by atoms with van der Waals surface area (Å²) in [5.41, 5.74) is 1.60. The zero-order valence-corrected chi connectivity index (χ0v) is 26.9. The predicted octanol–water partition coefficient (Wildman–Crippen LogP) is 5.59. The minimum absolute atomic E-state index is 0.0841. The first-order chi connectivity index (χ1) is 20.6. The molecule has 7 nitrogen and oxygen atoms in total. The topological polar surface area (TPSA) is 92.4 Å². The van der Waals surface area contributed by atoms with Gasteiger partial charge in [0.15, 0.2) is 0 Å². The number of nitrogens with zero attached hydrogens (tertiary/aromatic N) is 1. The molecule has 0 aromatic carbocycles. The highest BCUT2D eigenvalue weighted by Crippen LogP contribution is 2.71. The van der Waals surface area contributed by atoms with Crippen LogP contribution in [0, 0.1) is 52.3 Å². The Bertz CT molecular complexity index is 1200. The number of fused-ring (bicyclic) bond motifs is 7. The van der Waals surface area contributed by atoms with E-state index in [-0.39, 0.29) is 30.0 Å². The van der Waals surface area contributed by atoms with E-state index in [1.807, 2.05) is 12.1 Å². The molecule has 4 aliphatic carbocycles. The summed E-state index contributed by atoms with van der Waals surface area (Å²) in [6.07, 6.45) is 16.0. The predicted molar refractivity (Wildman–Crippen MR) is 166 cm³/mol. The van der Waals surface area contributed by atoms with Gasteiger partial charge >= 0.3 is 0 Å². The summed E-state index contributed by atoms with van der Waals surface area (Å²) in [4.78, 5) is 29.3. The molecule has 6 fully saturated rings. The Hall–Kier alpha value is -1.99. The molecule has 2 aliphatic heterocycles. The van der Waals surface area contributed by atoms with Crippen molar-refractivity contribution in [2.75, 3.05) is 6.54 Å². The fourth-order valence-corrected chi connectivity index (χ4v) is 11.8. The molecule has 0 radical (unpaired) electrons. The second-order valence-corrected chi connectivity index (χ2v) is 16.2. The summed E-state index contributed by atoms with van der Waals surface area (Å²) in [5.74, 6) is 4.67. The van der Waals surface area contributed by atoms with Crippen molar-refractivity contribution in [2.45, 2.75) is 123 Å². The number of ether oxygens (including phenoxy) is 1. The van der Waals surface area contributed by atoms with E-state index in [0.717, 1.165) is 48.6 Å². The maximum Gasteiger partial charge on any atom is 0.229 e. The van der Waals surface area contributed by atoms with Crippen molar-refractivity contribution in [2.24, 2.45) is 52.3 Å². The van der Waals surface area contributed by atoms with Crippen molar-refractivity contribution in [3.8, 4) is 0 Å². The number of nitrogens with one attached hydrogen (secondary N) is 3. The maximum atomic E-state index is 12.8. The van der Waals surface area contributed by atoms with E-state index in [1.165, 1.54) is 51.4 Å². The fraction of sp³-hybridized carbons (Fsp3) is 0.806. The quantitative estimate of drug-likeness (QED) is 0.389. The molecular formula is C36H54N4O3. The Morgan fingerprint density at radius 1 is 1.00 bits per heavy atom. The van der Waals surface area contributed by atoms with Crippen molar-refractivity contribution in [1.82, 2.24) is 20.9 Å². The van der Waals surface area contributed by atoms with E-state index in [9.17, 15) is 9.59 Å². The zero-order valence-electron chi connectivity index (χ0n) is 26.9. The highest BCUT2D eigenvalue weighted by atomic mass is 16.5. The van der Waals surface area contributed by atoms with Gasteiger partial charge in [0.2, 0.25) is 11.8 Å². The van der Waals surface area contributed by atoms with Crippen molar-refractivity contribution in [1.29, 1.82) is 0 Å². The molecule has 1 aromatic heterocycles. The van der Waals surface area contributed by atoms with Crippen LogP contribution in [0.4, 0.5) is 0 Å². The third-order valence-electron chi connectivity index (χ3n) is 14.0. The van der Waals surface area contributed by atoms with E-state index >= 15 is 0 Å². The number of aromatic nitrogens is 1. The number of hydrogen-bond donors (Lipinski definition) is 3. The fourth-order valence-electron chi connectivity index (χ4n) is 11.8. The molecule has 12 atom stereocenters. The number of pyridine rings is 1. The van der Waals surface area contributed by atoms with Gasteiger partial charge in [0.05, 0.1) is 6.10 Å². The summed E-state index contributed by atoms with van der Waals surface area (Å²) in [7, 11) is 0. The van der Waals surface area contributed by atoms with Crippen LogP contribution in [-0.4, -0.2) is 41.2 Å². The van der Waals surface area contributed by atoms with E-state index in [0.29, 0.717) is 41.2 Å². The molecule has 3 N–H and O–H groups in total. The lowest BCUT2D eigenvalue weighted by molar-refractivity contribution is -0.137. The van der Waals surface area contributed by atoms with Crippen LogP contribution in [-0.2, 0) is 20.9 Å². The smallest absolute Gasteiger partial charge is 0.229 e. The van der Waals surface area contributed by atoms with Crippen molar-refractivity contribution in [3.05, 3.63) is 30.1 Å². The Morgan fingerprint density at radius 3 is 2.60 bits per heavy atom. The van der Waals surface area contributed by atoms with Gasteiger partial charge in [0.25, 0.3) is 0 Å². The molecular weight excluding hydrogens is 536 g/mol. The highest BCUT2D eigenvalue weighted by molar-refractivity contribution is 5.96. The lowest BCUT2D eigenvalue weighted by atomic mass is 9.44. The number of piperidine rings is 1. The first kappa shape index (κ1) is 29.7. The molecule has 3 heterocycles. The molecule has 7 heteroatoms. The summed E-state index contributed by atoms with van der Waals surface area (Å²) in [6, 6.07) is 3.96. The lowest BCUT2D eigenvalue weighted by Gasteiger charge is -2.61. The monoisotopic (exact) mass is 590 g/mol. The molecule has 1 unspecified atom stereocenters. The summed E-state index contributed by atoms with van der Waals surface area (Å²) >= 11 is 0. The van der Waals surface area contributed by atoms with E-state index in [4.69, 9.17) is 4.74 Å². The summed E-state index contributed by atoms with van der Waals surface area (Å²) < 4.78 is 7.08. The van der Waals surface area contributed by atoms with Gasteiger partial charge in [-0.1, -0.05) is 33.8 Å². The zero-order chi connectivity index (χ0) is 30.0. The minimum atomic E-state index is -0.230. The molecule has 43 heavy (non-hydrogen) atoms. The van der Waals surface area contributed by atoms with Crippen LogP contribution in [0.5, 0.6) is 0 Å². The average molecular weight is 591 g/mol. The summed E-state index contributed by atoms with van der Waals surface area (Å²) in [6.45, 7) is 11.6. The van der Waals surface area contributed by atoms with Crippen LogP contribution in [0.1, 0.15) is 104 Å². The molecule has 6 aliphatic rings. The van der Waals surface area contributed by atoms with Crippen LogP contribution in [0.25, 0.3) is 0 Å². The number of carbonyl (C=O) groups is 2. The molecule has 7 rings (SSSR count). The standard InChI is InChI=1S/C36H54N4O3/c1-22-9-14-36(39-19-22)23(2)33-30(43-36)17-29-27-8-7-25-16-26(10-12-34(25,3)28(27)11-13-35(29,33)4)40-32(42)18-31(41)38-21-24-6-5-15-37-20-24/h5-6,15,20,22-23,25-30,33,39H,7-14,16-19,21H2,1-4H3,(H,38,41)(H,40,42)/t22-,23+,25+,26?,27-,28+,29+,30+,33+,34+,35+,36-/m1/s1. The van der Waals surface area contributed by atoms with Gasteiger partial charge in [-0.05, 0) is 122 Å². The third-order valence-corrected chi connectivity index (χ3v) is 14.0. The Balaban J connectivity index is 0.952. The van der Waals surface area contributed by atoms with E-state index in [1.54, 1.807) is 12.4 Å².